The van der Waals surface area contributed by atoms with E-state index in [-0.39, 0.29) is 11.7 Å². The first kappa shape index (κ1) is 21.9. The average Bonchev–Trinajstić information content (AvgIpc) is 3.12. The minimum absolute atomic E-state index is 0.0152. The standard InChI is InChI=1S/C14H19N3O2.C8H9Cl/c1-3-4-5-6-14(19)16-7-8-17-12(11(2)18)9-15-13(17)10-16;1-2-7-5-3-4-6-8(7)9/h5-6,9H,3-4,7-8,10H2,1-2H3;3-6H,2H2,1H3/b6-5+;. The molecule has 1 aromatic carbocycles. The van der Waals surface area contributed by atoms with Crippen molar-refractivity contribution < 1.29 is 9.59 Å². The summed E-state index contributed by atoms with van der Waals surface area (Å²) in [5.41, 5.74) is 1.85. The molecule has 0 atom stereocenters. The van der Waals surface area contributed by atoms with Crippen LogP contribution in [0.1, 0.15) is 55.5 Å². The van der Waals surface area contributed by atoms with Crippen molar-refractivity contribution in [1.29, 1.82) is 0 Å². The number of hydrogen-bond acceptors (Lipinski definition) is 3. The van der Waals surface area contributed by atoms with Crippen molar-refractivity contribution in [2.24, 2.45) is 0 Å². The number of aromatic nitrogens is 2. The molecule has 1 aromatic heterocycles. The summed E-state index contributed by atoms with van der Waals surface area (Å²) >= 11 is 5.82. The van der Waals surface area contributed by atoms with Crippen LogP contribution in [0.2, 0.25) is 5.02 Å². The van der Waals surface area contributed by atoms with Crippen LogP contribution in [0.25, 0.3) is 0 Å². The van der Waals surface area contributed by atoms with Gasteiger partial charge >= 0.3 is 0 Å². The number of imidazole rings is 1. The minimum Gasteiger partial charge on any atom is -0.330 e. The van der Waals surface area contributed by atoms with Crippen molar-refractivity contribution in [3.63, 3.8) is 0 Å². The minimum atomic E-state index is 0.0152. The lowest BCUT2D eigenvalue weighted by molar-refractivity contribution is -0.127. The predicted octanol–water partition coefficient (Wildman–Crippen LogP) is 4.69. The van der Waals surface area contributed by atoms with Gasteiger partial charge in [0, 0.05) is 25.0 Å². The van der Waals surface area contributed by atoms with Gasteiger partial charge in [-0.05, 0) is 30.5 Å². The first-order valence-corrected chi connectivity index (χ1v) is 10.1. The molecule has 0 radical (unpaired) electrons. The SMILES string of the molecule is CCC/C=C/C(=O)N1CCn2c(C(C)=O)cnc2C1.CCc1ccccc1Cl. The quantitative estimate of drug-likeness (QED) is 0.539. The van der Waals surface area contributed by atoms with E-state index in [2.05, 4.69) is 18.8 Å². The Bertz CT molecular complexity index is 842. The Morgan fingerprint density at radius 3 is 2.57 bits per heavy atom. The number of carbonyl (C=O) groups excluding carboxylic acids is 2. The zero-order valence-electron chi connectivity index (χ0n) is 16.8. The van der Waals surface area contributed by atoms with Gasteiger partial charge in [0.25, 0.3) is 0 Å². The fraction of sp³-hybridized carbons (Fsp3) is 0.409. The molecule has 1 aliphatic rings. The number of aryl methyl sites for hydroxylation is 1. The Labute approximate surface area is 172 Å². The molecule has 0 saturated heterocycles. The average molecular weight is 402 g/mol. The summed E-state index contributed by atoms with van der Waals surface area (Å²) in [4.78, 5) is 29.4. The van der Waals surface area contributed by atoms with Crippen molar-refractivity contribution in [3.05, 3.63) is 64.7 Å². The molecule has 1 aliphatic heterocycles. The summed E-state index contributed by atoms with van der Waals surface area (Å²) in [6.07, 6.45) is 8.11. The number of allylic oxidation sites excluding steroid dienone is 1. The first-order chi connectivity index (χ1) is 13.5. The second-order valence-corrected chi connectivity index (χ2v) is 7.07. The predicted molar refractivity (Wildman–Crippen MR) is 113 cm³/mol. The number of amides is 1. The maximum Gasteiger partial charge on any atom is 0.246 e. The van der Waals surface area contributed by atoms with Gasteiger partial charge in [0.05, 0.1) is 12.7 Å². The van der Waals surface area contributed by atoms with Crippen LogP contribution in [0.5, 0.6) is 0 Å². The third-order valence-corrected chi connectivity index (χ3v) is 4.96. The highest BCUT2D eigenvalue weighted by Gasteiger charge is 2.23. The van der Waals surface area contributed by atoms with Crippen molar-refractivity contribution in [2.75, 3.05) is 6.54 Å². The third-order valence-electron chi connectivity index (χ3n) is 4.59. The lowest BCUT2D eigenvalue weighted by atomic mass is 10.2. The van der Waals surface area contributed by atoms with Gasteiger partial charge in [0.15, 0.2) is 5.78 Å². The summed E-state index contributed by atoms with van der Waals surface area (Å²) in [5.74, 6) is 0.821. The normalized spacial score (nSPS) is 13.1. The van der Waals surface area contributed by atoms with Crippen LogP contribution in [0, 0.1) is 0 Å². The van der Waals surface area contributed by atoms with Crippen molar-refractivity contribution in [1.82, 2.24) is 14.5 Å². The van der Waals surface area contributed by atoms with Gasteiger partial charge in [0.1, 0.15) is 11.5 Å². The summed E-state index contributed by atoms with van der Waals surface area (Å²) in [6.45, 7) is 7.45. The molecule has 0 N–H and O–H groups in total. The highest BCUT2D eigenvalue weighted by Crippen LogP contribution is 2.15. The van der Waals surface area contributed by atoms with E-state index in [1.54, 1.807) is 17.2 Å². The van der Waals surface area contributed by atoms with Crippen molar-refractivity contribution >= 4 is 23.3 Å². The lowest BCUT2D eigenvalue weighted by Crippen LogP contribution is -2.38. The third kappa shape index (κ3) is 5.80. The number of rotatable bonds is 5. The smallest absolute Gasteiger partial charge is 0.246 e. The van der Waals surface area contributed by atoms with E-state index >= 15 is 0 Å². The number of fused-ring (bicyclic) bond motifs is 1. The van der Waals surface area contributed by atoms with Gasteiger partial charge in [-0.1, -0.05) is 56.1 Å². The molecule has 1 amide bonds. The van der Waals surface area contributed by atoms with Crippen LogP contribution in [-0.2, 0) is 24.3 Å². The van der Waals surface area contributed by atoms with E-state index in [1.807, 2.05) is 34.9 Å². The maximum absolute atomic E-state index is 12.0. The fourth-order valence-corrected chi connectivity index (χ4v) is 3.24. The van der Waals surface area contributed by atoms with Gasteiger partial charge in [-0.2, -0.15) is 0 Å². The highest BCUT2D eigenvalue weighted by atomic mass is 35.5. The van der Waals surface area contributed by atoms with Crippen LogP contribution in [0.15, 0.2) is 42.6 Å². The zero-order chi connectivity index (χ0) is 20.5. The Balaban J connectivity index is 0.000000261. The number of hydrogen-bond donors (Lipinski definition) is 0. The number of carbonyl (C=O) groups is 2. The molecule has 0 saturated carbocycles. The summed E-state index contributed by atoms with van der Waals surface area (Å²) in [7, 11) is 0. The highest BCUT2D eigenvalue weighted by molar-refractivity contribution is 6.31. The van der Waals surface area contributed by atoms with Crippen LogP contribution >= 0.6 is 11.6 Å². The monoisotopic (exact) mass is 401 g/mol. The van der Waals surface area contributed by atoms with Crippen molar-refractivity contribution in [3.8, 4) is 0 Å². The molecule has 150 valence electrons. The Morgan fingerprint density at radius 2 is 1.96 bits per heavy atom. The van der Waals surface area contributed by atoms with Crippen LogP contribution in [0.3, 0.4) is 0 Å². The molecule has 2 aromatic rings. The summed E-state index contributed by atoms with van der Waals surface area (Å²) in [5, 5.41) is 0.875. The van der Waals surface area contributed by atoms with E-state index in [0.717, 1.165) is 30.1 Å². The first-order valence-electron chi connectivity index (χ1n) is 9.72. The number of benzene rings is 1. The molecule has 0 unspecified atom stereocenters. The molecule has 0 fully saturated rings. The van der Waals surface area contributed by atoms with E-state index < -0.39 is 0 Å². The van der Waals surface area contributed by atoms with Gasteiger partial charge in [-0.25, -0.2) is 4.98 Å². The second kappa shape index (κ2) is 10.8. The molecule has 0 aliphatic carbocycles. The second-order valence-electron chi connectivity index (χ2n) is 6.66. The Morgan fingerprint density at radius 1 is 1.21 bits per heavy atom. The number of halogens is 1. The topological polar surface area (TPSA) is 55.2 Å². The molecular formula is C22H28ClN3O2. The number of unbranched alkanes of at least 4 members (excludes halogenated alkanes) is 1. The molecule has 28 heavy (non-hydrogen) atoms. The van der Waals surface area contributed by atoms with E-state index in [4.69, 9.17) is 11.6 Å². The van der Waals surface area contributed by atoms with E-state index in [0.29, 0.717) is 25.3 Å². The summed E-state index contributed by atoms with van der Waals surface area (Å²) in [6, 6.07) is 7.91. The molecule has 2 heterocycles. The largest absolute Gasteiger partial charge is 0.330 e. The van der Waals surface area contributed by atoms with Gasteiger partial charge in [-0.3, -0.25) is 9.59 Å². The van der Waals surface area contributed by atoms with Gasteiger partial charge in [-0.15, -0.1) is 0 Å². The van der Waals surface area contributed by atoms with Gasteiger partial charge < -0.3 is 9.47 Å². The number of ketones is 1. The molecule has 0 bridgehead atoms. The van der Waals surface area contributed by atoms with Crippen LogP contribution in [0.4, 0.5) is 0 Å². The zero-order valence-corrected chi connectivity index (χ0v) is 17.6. The Hall–Kier alpha value is -2.40. The molecule has 5 nitrogen and oxygen atoms in total. The van der Waals surface area contributed by atoms with E-state index in [9.17, 15) is 9.59 Å². The number of Topliss-reactive ketones (excluding diaryl/α,β-unsaturated/α-hetero) is 1. The summed E-state index contributed by atoms with van der Waals surface area (Å²) < 4.78 is 1.90. The molecule has 3 rings (SSSR count). The molecule has 6 heteroatoms. The molecule has 0 spiro atoms. The van der Waals surface area contributed by atoms with Gasteiger partial charge in [0.2, 0.25) is 5.91 Å². The fourth-order valence-electron chi connectivity index (χ4n) is 2.97. The molecular weight excluding hydrogens is 374 g/mol. The number of nitrogens with zero attached hydrogens (tertiary/aromatic N) is 3. The van der Waals surface area contributed by atoms with Crippen LogP contribution < -0.4 is 0 Å². The maximum atomic E-state index is 12.0. The van der Waals surface area contributed by atoms with E-state index in [1.165, 1.54) is 12.5 Å². The van der Waals surface area contributed by atoms with Crippen LogP contribution in [-0.4, -0.2) is 32.7 Å². The lowest BCUT2D eigenvalue weighted by Gasteiger charge is -2.27. The van der Waals surface area contributed by atoms with Crippen molar-refractivity contribution in [2.45, 2.75) is 53.1 Å². The Kier molecular flexibility index (Phi) is 8.45.